The zero-order chi connectivity index (χ0) is 25.1. The van der Waals surface area contributed by atoms with Crippen LogP contribution in [-0.2, 0) is 27.8 Å². The van der Waals surface area contributed by atoms with Crippen LogP contribution in [0.1, 0.15) is 40.5 Å². The van der Waals surface area contributed by atoms with Crippen LogP contribution in [0.3, 0.4) is 0 Å². The second-order valence-corrected chi connectivity index (χ2v) is 11.2. The molecule has 4 atom stereocenters. The third-order valence-electron chi connectivity index (χ3n) is 7.43. The first-order valence-corrected chi connectivity index (χ1v) is 12.6. The number of aromatic nitrogens is 2. The van der Waals surface area contributed by atoms with Crippen molar-refractivity contribution < 1.29 is 27.6 Å². The van der Waals surface area contributed by atoms with Gasteiger partial charge in [-0.25, -0.2) is 4.98 Å². The zero-order valence-electron chi connectivity index (χ0n) is 19.1. The first kappa shape index (κ1) is 23.8. The number of nitrogens with one attached hydrogen (secondary N) is 2. The van der Waals surface area contributed by atoms with Gasteiger partial charge in [0, 0.05) is 36.1 Å². The van der Waals surface area contributed by atoms with Gasteiger partial charge in [0.05, 0.1) is 11.0 Å². The molecule has 4 heterocycles. The van der Waals surface area contributed by atoms with E-state index in [1.165, 1.54) is 6.20 Å². The molecule has 2 aliphatic heterocycles. The highest BCUT2D eigenvalue weighted by Gasteiger charge is 2.52. The second kappa shape index (κ2) is 8.31. The normalized spacial score (nSPS) is 27.5. The number of amides is 3. The average molecular weight is 501 g/mol. The lowest BCUT2D eigenvalue weighted by Crippen LogP contribution is -2.59. The lowest BCUT2D eigenvalue weighted by atomic mass is 9.80. The molecule has 2 N–H and O–H groups in total. The van der Waals surface area contributed by atoms with Gasteiger partial charge in [0.25, 0.3) is 5.91 Å². The van der Waals surface area contributed by atoms with Crippen LogP contribution in [0.5, 0.6) is 0 Å². The van der Waals surface area contributed by atoms with E-state index in [1.54, 1.807) is 25.3 Å². The molecule has 0 aromatic carbocycles. The van der Waals surface area contributed by atoms with Crippen LogP contribution in [-0.4, -0.2) is 73.7 Å². The number of halogens is 3. The summed E-state index contributed by atoms with van der Waals surface area (Å²) in [6.07, 6.45) is -0.500. The number of hydrogen-bond donors (Lipinski definition) is 2. The van der Waals surface area contributed by atoms with Crippen molar-refractivity contribution in [1.82, 2.24) is 20.2 Å². The number of anilines is 1. The van der Waals surface area contributed by atoms with Gasteiger partial charge in [-0.2, -0.15) is 13.2 Å². The maximum absolute atomic E-state index is 13.0. The second-order valence-electron chi connectivity index (χ2n) is 9.68. The van der Waals surface area contributed by atoms with Gasteiger partial charge in [0.2, 0.25) is 28.1 Å². The van der Waals surface area contributed by atoms with Crippen molar-refractivity contribution in [3.8, 4) is 0 Å². The molecule has 3 aliphatic rings. The zero-order valence-corrected chi connectivity index (χ0v) is 21.1. The fourth-order valence-corrected chi connectivity index (χ4v) is 6.23. The third kappa shape index (κ3) is 4.08. The molecule has 0 bridgehead atoms. The fraction of sp³-hybridized carbons (Fsp3) is 0.435. The number of nitrogens with zero attached hydrogens (tertiary/aromatic N) is 3. The maximum Gasteiger partial charge on any atom is 0.406 e. The molecule has 0 unspecified atom stereocenters. The van der Waals surface area contributed by atoms with E-state index in [9.17, 15) is 27.6 Å². The van der Waals surface area contributed by atoms with Gasteiger partial charge in [0.1, 0.15) is 18.4 Å². The number of hydrogen-bond acceptors (Lipinski definition) is 5. The Labute approximate surface area is 207 Å². The highest BCUT2D eigenvalue weighted by atomic mass is 27.0. The number of likely N-dealkylation sites (tertiary alicyclic amines) is 1. The monoisotopic (exact) mass is 501 g/mol. The van der Waals surface area contributed by atoms with Crippen molar-refractivity contribution in [2.24, 2.45) is 0 Å². The standard InChI is InChI=1S/C23H21F3N5O3.Al.2H/c1-12-4-5-16(20(33)31(12)11-23(24,25)26)29-19(32)14-7-13-8-22(9-17(13)28-10-14)15-3-2-6-27-18(15)30-21(22)34;;;/h2-4,6-7,10,12,16H,5,8-9,11H2,1H3,(H,29,32)(H,27,30,34);;;/t12-,16+,22+;;;/m1.../s1. The largest absolute Gasteiger partial charge is 0.406 e. The Kier molecular flexibility index (Phi) is 5.64. The van der Waals surface area contributed by atoms with Gasteiger partial charge in [0.15, 0.2) is 0 Å². The van der Waals surface area contributed by atoms with E-state index in [0.29, 0.717) is 47.1 Å². The number of rotatable bonds is 3. The lowest BCUT2D eigenvalue weighted by Gasteiger charge is -2.42. The first-order valence-electron chi connectivity index (χ1n) is 11.4. The summed E-state index contributed by atoms with van der Waals surface area (Å²) in [5.74, 6) is -0.947. The van der Waals surface area contributed by atoms with Crippen molar-refractivity contribution in [2.75, 3.05) is 11.9 Å². The summed E-state index contributed by atoms with van der Waals surface area (Å²) in [7, 11) is 0. The Balaban J connectivity index is 1.34. The first-order chi connectivity index (χ1) is 16.5. The minimum atomic E-state index is -4.52. The van der Waals surface area contributed by atoms with E-state index in [-0.39, 0.29) is 16.3 Å². The van der Waals surface area contributed by atoms with E-state index in [0.717, 1.165) is 16.0 Å². The fourth-order valence-electron chi connectivity index (χ4n) is 5.40. The number of pyridine rings is 2. The SMILES string of the molecule is C[C@@H]1[C@H]([AlH2])C[C@H](NC(=O)c2cnc3c(c2)C[C@@]2(C3)C(=O)Nc3ncccc32)C(=O)N1CC(F)(F)F. The molecule has 35 heavy (non-hydrogen) atoms. The predicted molar refractivity (Wildman–Crippen MR) is 122 cm³/mol. The maximum atomic E-state index is 13.0. The summed E-state index contributed by atoms with van der Waals surface area (Å²) in [5.41, 5.74) is 1.60. The van der Waals surface area contributed by atoms with E-state index in [1.807, 2.05) is 6.07 Å². The Bertz CT molecular complexity index is 1240. The van der Waals surface area contributed by atoms with E-state index in [4.69, 9.17) is 0 Å². The molecule has 3 amide bonds. The Morgan fingerprint density at radius 1 is 1.31 bits per heavy atom. The molecule has 182 valence electrons. The summed E-state index contributed by atoms with van der Waals surface area (Å²) in [6.45, 7) is 0.283. The number of piperidine rings is 1. The molecular weight excluding hydrogens is 478 g/mol. The topological polar surface area (TPSA) is 104 Å². The summed E-state index contributed by atoms with van der Waals surface area (Å²) in [4.78, 5) is 48.1. The molecule has 8 nitrogen and oxygen atoms in total. The van der Waals surface area contributed by atoms with Gasteiger partial charge in [-0.05, 0) is 37.5 Å². The third-order valence-corrected chi connectivity index (χ3v) is 8.87. The van der Waals surface area contributed by atoms with Crippen molar-refractivity contribution >= 4 is 39.8 Å². The van der Waals surface area contributed by atoms with Crippen molar-refractivity contribution in [3.63, 3.8) is 0 Å². The minimum Gasteiger partial charge on any atom is -0.340 e. The number of fused-ring (bicyclic) bond motifs is 3. The van der Waals surface area contributed by atoms with Crippen LogP contribution < -0.4 is 10.6 Å². The van der Waals surface area contributed by atoms with Gasteiger partial charge in [-0.3, -0.25) is 19.4 Å². The Hall–Kier alpha value is -2.97. The molecule has 12 heteroatoms. The summed E-state index contributed by atoms with van der Waals surface area (Å²) in [6, 6.07) is 3.71. The molecule has 0 radical (unpaired) electrons. The number of carbonyl (C=O) groups excluding carboxylic acids is 3. The lowest BCUT2D eigenvalue weighted by molar-refractivity contribution is -0.169. The van der Waals surface area contributed by atoms with Crippen molar-refractivity contribution in [1.29, 1.82) is 0 Å². The quantitative estimate of drug-likeness (QED) is 0.615. The molecule has 0 saturated carbocycles. The minimum absolute atomic E-state index is 0.0899. The van der Waals surface area contributed by atoms with Crippen LogP contribution in [0, 0.1) is 0 Å². The van der Waals surface area contributed by atoms with Crippen LogP contribution in [0.4, 0.5) is 19.0 Å². The van der Waals surface area contributed by atoms with E-state index < -0.39 is 42.0 Å². The molecule has 2 aromatic heterocycles. The van der Waals surface area contributed by atoms with Gasteiger partial charge in [-0.15, -0.1) is 0 Å². The average Bonchev–Trinajstić information content (AvgIpc) is 3.31. The smallest absolute Gasteiger partial charge is 0.340 e. The van der Waals surface area contributed by atoms with Crippen LogP contribution >= 0.6 is 0 Å². The predicted octanol–water partition coefficient (Wildman–Crippen LogP) is 1.17. The Morgan fingerprint density at radius 2 is 2.09 bits per heavy atom. The summed E-state index contributed by atoms with van der Waals surface area (Å²) in [5, 5.41) is 5.44. The number of alkyl halides is 3. The van der Waals surface area contributed by atoms with Gasteiger partial charge >= 0.3 is 6.18 Å². The molecular formula is C23H23AlF3N5O3. The number of carbonyl (C=O) groups is 3. The van der Waals surface area contributed by atoms with Gasteiger partial charge < -0.3 is 15.5 Å². The van der Waals surface area contributed by atoms with Crippen LogP contribution in [0.2, 0.25) is 4.78 Å². The summed E-state index contributed by atoms with van der Waals surface area (Å²) < 4.78 is 39.0. The molecule has 1 aliphatic carbocycles. The summed E-state index contributed by atoms with van der Waals surface area (Å²) >= 11 is 0.587. The molecule has 5 rings (SSSR count). The Morgan fingerprint density at radius 3 is 2.83 bits per heavy atom. The highest BCUT2D eigenvalue weighted by Crippen LogP contribution is 2.46. The van der Waals surface area contributed by atoms with Crippen molar-refractivity contribution in [3.05, 3.63) is 53.0 Å². The molecule has 1 fully saturated rings. The van der Waals surface area contributed by atoms with Gasteiger partial charge in [-0.1, -0.05) is 10.8 Å². The van der Waals surface area contributed by atoms with Crippen molar-refractivity contribution in [2.45, 2.75) is 54.6 Å². The van der Waals surface area contributed by atoms with Crippen LogP contribution in [0.15, 0.2) is 30.6 Å². The van der Waals surface area contributed by atoms with Crippen LogP contribution in [0.25, 0.3) is 0 Å². The molecule has 1 saturated heterocycles. The molecule has 2 aromatic rings. The highest BCUT2D eigenvalue weighted by molar-refractivity contribution is 6.13. The van der Waals surface area contributed by atoms with E-state index in [2.05, 4.69) is 20.6 Å². The molecule has 1 spiro atoms. The van der Waals surface area contributed by atoms with E-state index >= 15 is 0 Å².